The molecule has 0 spiro atoms. The van der Waals surface area contributed by atoms with Crippen LogP contribution < -0.4 is 4.90 Å². The zero-order valence-electron chi connectivity index (χ0n) is 8.71. The summed E-state index contributed by atoms with van der Waals surface area (Å²) in [6.45, 7) is 1.12. The van der Waals surface area contributed by atoms with Crippen molar-refractivity contribution in [3.63, 3.8) is 0 Å². The quantitative estimate of drug-likeness (QED) is 0.809. The van der Waals surface area contributed by atoms with E-state index in [1.54, 1.807) is 6.07 Å². The summed E-state index contributed by atoms with van der Waals surface area (Å²) in [5.41, 5.74) is 0.971. The monoisotopic (exact) mass is 247 g/mol. The number of nitrogens with zero attached hydrogens (tertiary/aromatic N) is 1. The first-order chi connectivity index (χ1) is 7.15. The first-order valence-corrected chi connectivity index (χ1v) is 5.68. The van der Waals surface area contributed by atoms with Gasteiger partial charge in [0.15, 0.2) is 0 Å². The third-order valence-electron chi connectivity index (χ3n) is 2.22. The van der Waals surface area contributed by atoms with Crippen molar-refractivity contribution < 1.29 is 5.11 Å². The fourth-order valence-corrected chi connectivity index (χ4v) is 1.92. The van der Waals surface area contributed by atoms with E-state index in [-0.39, 0.29) is 6.61 Å². The van der Waals surface area contributed by atoms with Crippen LogP contribution in [-0.2, 0) is 0 Å². The summed E-state index contributed by atoms with van der Waals surface area (Å²) in [7, 11) is 1.98. The van der Waals surface area contributed by atoms with Crippen molar-refractivity contribution in [1.29, 1.82) is 0 Å². The van der Waals surface area contributed by atoms with E-state index in [1.165, 1.54) is 0 Å². The van der Waals surface area contributed by atoms with E-state index < -0.39 is 0 Å². The summed E-state index contributed by atoms with van der Waals surface area (Å²) in [4.78, 5) is 2.06. The van der Waals surface area contributed by atoms with Crippen LogP contribution in [0.15, 0.2) is 18.2 Å². The standard InChI is InChI=1S/C11H15Cl2NO/c1-14(6-2-3-7-15)11-5-4-9(12)8-10(11)13/h4-5,8,15H,2-3,6-7H2,1H3. The number of anilines is 1. The van der Waals surface area contributed by atoms with Gasteiger partial charge in [0.05, 0.1) is 10.7 Å². The zero-order valence-corrected chi connectivity index (χ0v) is 10.2. The van der Waals surface area contributed by atoms with Crippen LogP contribution in [0, 0.1) is 0 Å². The Morgan fingerprint density at radius 1 is 1.27 bits per heavy atom. The molecule has 0 aliphatic rings. The second-order valence-electron chi connectivity index (χ2n) is 3.45. The van der Waals surface area contributed by atoms with E-state index in [2.05, 4.69) is 4.90 Å². The van der Waals surface area contributed by atoms with Crippen LogP contribution in [0.1, 0.15) is 12.8 Å². The normalized spacial score (nSPS) is 10.4. The number of halogens is 2. The summed E-state index contributed by atoms with van der Waals surface area (Å²) in [6, 6.07) is 5.47. The fraction of sp³-hybridized carbons (Fsp3) is 0.455. The van der Waals surface area contributed by atoms with Gasteiger partial charge in [0.1, 0.15) is 0 Å². The molecule has 1 aromatic rings. The highest BCUT2D eigenvalue weighted by atomic mass is 35.5. The van der Waals surface area contributed by atoms with E-state index in [0.29, 0.717) is 10.0 Å². The van der Waals surface area contributed by atoms with Gasteiger partial charge in [-0.3, -0.25) is 0 Å². The molecule has 0 aliphatic carbocycles. The van der Waals surface area contributed by atoms with Crippen LogP contribution in [-0.4, -0.2) is 25.3 Å². The van der Waals surface area contributed by atoms with E-state index in [4.69, 9.17) is 28.3 Å². The summed E-state index contributed by atoms with van der Waals surface area (Å²) in [6.07, 6.45) is 1.77. The van der Waals surface area contributed by atoms with E-state index in [9.17, 15) is 0 Å². The minimum absolute atomic E-state index is 0.238. The molecule has 1 rings (SSSR count). The van der Waals surface area contributed by atoms with Crippen LogP contribution >= 0.6 is 23.2 Å². The smallest absolute Gasteiger partial charge is 0.0654 e. The number of unbranched alkanes of at least 4 members (excludes halogenated alkanes) is 1. The molecule has 2 nitrogen and oxygen atoms in total. The van der Waals surface area contributed by atoms with E-state index in [1.807, 2.05) is 19.2 Å². The summed E-state index contributed by atoms with van der Waals surface area (Å²) >= 11 is 11.9. The molecule has 0 atom stereocenters. The maximum absolute atomic E-state index is 8.68. The molecule has 0 heterocycles. The molecule has 1 N–H and O–H groups in total. The van der Waals surface area contributed by atoms with Crippen LogP contribution in [0.3, 0.4) is 0 Å². The fourth-order valence-electron chi connectivity index (χ4n) is 1.37. The molecule has 84 valence electrons. The minimum atomic E-state index is 0.238. The van der Waals surface area contributed by atoms with Crippen molar-refractivity contribution in [3.05, 3.63) is 28.2 Å². The van der Waals surface area contributed by atoms with Crippen molar-refractivity contribution >= 4 is 28.9 Å². The summed E-state index contributed by atoms with van der Waals surface area (Å²) < 4.78 is 0. The molecular formula is C11H15Cl2NO. The molecule has 1 aromatic carbocycles. The van der Waals surface area contributed by atoms with Gasteiger partial charge in [-0.2, -0.15) is 0 Å². The van der Waals surface area contributed by atoms with Crippen LogP contribution in [0.4, 0.5) is 5.69 Å². The Balaban J connectivity index is 2.61. The molecule has 0 radical (unpaired) electrons. The topological polar surface area (TPSA) is 23.5 Å². The Morgan fingerprint density at radius 3 is 2.60 bits per heavy atom. The predicted molar refractivity (Wildman–Crippen MR) is 66.1 cm³/mol. The highest BCUT2D eigenvalue weighted by Gasteiger charge is 2.05. The lowest BCUT2D eigenvalue weighted by molar-refractivity contribution is 0.285. The van der Waals surface area contributed by atoms with Crippen molar-refractivity contribution in [2.45, 2.75) is 12.8 Å². The van der Waals surface area contributed by atoms with Gasteiger partial charge in [-0.1, -0.05) is 23.2 Å². The minimum Gasteiger partial charge on any atom is -0.396 e. The predicted octanol–water partition coefficient (Wildman–Crippen LogP) is 3.20. The number of aliphatic hydroxyl groups is 1. The average Bonchev–Trinajstić information content (AvgIpc) is 2.17. The van der Waals surface area contributed by atoms with E-state index >= 15 is 0 Å². The number of hydrogen-bond donors (Lipinski definition) is 1. The lowest BCUT2D eigenvalue weighted by Gasteiger charge is -2.20. The second-order valence-corrected chi connectivity index (χ2v) is 4.29. The Kier molecular flexibility index (Phi) is 5.23. The molecule has 0 aliphatic heterocycles. The second kappa shape index (κ2) is 6.21. The molecule has 0 aromatic heterocycles. The Hall–Kier alpha value is -0.440. The van der Waals surface area contributed by atoms with Gasteiger partial charge in [-0.15, -0.1) is 0 Å². The molecule has 0 saturated carbocycles. The number of hydrogen-bond acceptors (Lipinski definition) is 2. The van der Waals surface area contributed by atoms with Crippen molar-refractivity contribution in [2.75, 3.05) is 25.1 Å². The third-order valence-corrected chi connectivity index (χ3v) is 2.76. The van der Waals surface area contributed by atoms with Gasteiger partial charge in [0, 0.05) is 25.2 Å². The SMILES string of the molecule is CN(CCCCO)c1ccc(Cl)cc1Cl. The molecule has 0 saturated heterocycles. The lowest BCUT2D eigenvalue weighted by Crippen LogP contribution is -2.19. The molecule has 4 heteroatoms. The van der Waals surface area contributed by atoms with Crippen molar-refractivity contribution in [3.8, 4) is 0 Å². The highest BCUT2D eigenvalue weighted by Crippen LogP contribution is 2.28. The van der Waals surface area contributed by atoms with Gasteiger partial charge in [0.25, 0.3) is 0 Å². The molecule has 0 amide bonds. The first-order valence-electron chi connectivity index (χ1n) is 4.92. The Bertz CT molecular complexity index is 317. The van der Waals surface area contributed by atoms with Gasteiger partial charge < -0.3 is 10.0 Å². The Morgan fingerprint density at radius 2 is 2.00 bits per heavy atom. The largest absolute Gasteiger partial charge is 0.396 e. The molecule has 0 bridgehead atoms. The van der Waals surface area contributed by atoms with Gasteiger partial charge in [0.2, 0.25) is 0 Å². The first kappa shape index (κ1) is 12.6. The Labute approximate surface area is 100 Å². The molecule has 15 heavy (non-hydrogen) atoms. The van der Waals surface area contributed by atoms with Crippen molar-refractivity contribution in [1.82, 2.24) is 0 Å². The highest BCUT2D eigenvalue weighted by molar-refractivity contribution is 6.36. The molecule has 0 unspecified atom stereocenters. The summed E-state index contributed by atoms with van der Waals surface area (Å²) in [5, 5.41) is 9.99. The van der Waals surface area contributed by atoms with Crippen molar-refractivity contribution in [2.24, 2.45) is 0 Å². The molecule has 0 fully saturated rings. The number of benzene rings is 1. The number of rotatable bonds is 5. The van der Waals surface area contributed by atoms with Gasteiger partial charge in [-0.05, 0) is 31.0 Å². The zero-order chi connectivity index (χ0) is 11.3. The molecular weight excluding hydrogens is 233 g/mol. The summed E-state index contributed by atoms with van der Waals surface area (Å²) in [5.74, 6) is 0. The lowest BCUT2D eigenvalue weighted by atomic mass is 10.2. The van der Waals surface area contributed by atoms with Gasteiger partial charge >= 0.3 is 0 Å². The van der Waals surface area contributed by atoms with Crippen LogP contribution in [0.5, 0.6) is 0 Å². The van der Waals surface area contributed by atoms with Crippen LogP contribution in [0.25, 0.3) is 0 Å². The average molecular weight is 248 g/mol. The number of aliphatic hydroxyl groups excluding tert-OH is 1. The maximum atomic E-state index is 8.68. The van der Waals surface area contributed by atoms with Gasteiger partial charge in [-0.25, -0.2) is 0 Å². The van der Waals surface area contributed by atoms with Crippen LogP contribution in [0.2, 0.25) is 10.0 Å². The van der Waals surface area contributed by atoms with E-state index in [0.717, 1.165) is 25.1 Å². The maximum Gasteiger partial charge on any atom is 0.0654 e. The third kappa shape index (κ3) is 3.90.